The molecule has 0 spiro atoms. The van der Waals surface area contributed by atoms with Gasteiger partial charge < -0.3 is 20.1 Å². The number of rotatable bonds is 6. The molecule has 1 unspecified atom stereocenters. The van der Waals surface area contributed by atoms with Gasteiger partial charge in [-0.05, 0) is 31.4 Å². The maximum atomic E-state index is 10.9. The number of aliphatic imine (C=N–C) groups is 1. The van der Waals surface area contributed by atoms with Crippen molar-refractivity contribution in [3.63, 3.8) is 0 Å². The van der Waals surface area contributed by atoms with Gasteiger partial charge in [0.1, 0.15) is 5.04 Å². The fourth-order valence-corrected chi connectivity index (χ4v) is 4.51. The topological polar surface area (TPSA) is 86.7 Å². The summed E-state index contributed by atoms with van der Waals surface area (Å²) in [7, 11) is 0. The van der Waals surface area contributed by atoms with Gasteiger partial charge in [-0.25, -0.2) is 0 Å². The van der Waals surface area contributed by atoms with Crippen LogP contribution in [0.15, 0.2) is 29.3 Å². The number of ether oxygens (including phenoxy) is 1. The maximum Gasteiger partial charge on any atom is 0.305 e. The van der Waals surface area contributed by atoms with Crippen LogP contribution in [-0.4, -0.2) is 52.2 Å². The Morgan fingerprint density at radius 1 is 1.42 bits per heavy atom. The highest BCUT2D eigenvalue weighted by Crippen LogP contribution is 2.29. The average molecular weight is 373 g/mol. The number of para-hydroxylation sites is 1. The lowest BCUT2D eigenvalue weighted by Crippen LogP contribution is -2.27. The third-order valence-corrected chi connectivity index (χ3v) is 5.95. The van der Waals surface area contributed by atoms with Crippen LogP contribution in [-0.2, 0) is 9.53 Å². The van der Waals surface area contributed by atoms with E-state index < -0.39 is 5.97 Å². The van der Waals surface area contributed by atoms with Crippen molar-refractivity contribution in [3.8, 4) is 0 Å². The summed E-state index contributed by atoms with van der Waals surface area (Å²) in [6.45, 7) is 1.67. The molecule has 0 saturated carbocycles. The molecule has 1 aromatic carbocycles. The second kappa shape index (κ2) is 7.72. The number of anilines is 1. The molecular weight excluding hydrogens is 350 g/mol. The first kappa shape index (κ1) is 17.4. The van der Waals surface area contributed by atoms with Crippen molar-refractivity contribution in [2.45, 2.75) is 37.8 Å². The van der Waals surface area contributed by atoms with E-state index in [0.29, 0.717) is 0 Å². The van der Waals surface area contributed by atoms with Gasteiger partial charge in [0.25, 0.3) is 0 Å². The highest BCUT2D eigenvalue weighted by molar-refractivity contribution is 8.14. The van der Waals surface area contributed by atoms with E-state index in [-0.39, 0.29) is 18.6 Å². The number of nitrogens with zero attached hydrogens (tertiary/aromatic N) is 1. The van der Waals surface area contributed by atoms with Gasteiger partial charge in [0.15, 0.2) is 0 Å². The number of aromatic amines is 1. The fraction of sp³-hybridized carbons (Fsp3) is 0.474. The average Bonchev–Trinajstić information content (AvgIpc) is 3.27. The number of carboxylic acids is 1. The van der Waals surface area contributed by atoms with E-state index in [2.05, 4.69) is 33.5 Å². The highest BCUT2D eigenvalue weighted by atomic mass is 32.2. The molecule has 2 atom stereocenters. The molecule has 0 radical (unpaired) electrons. The minimum absolute atomic E-state index is 0.0882. The Labute approximate surface area is 156 Å². The smallest absolute Gasteiger partial charge is 0.305 e. The SMILES string of the molecule is O=C(O)CC1CSC(c2cc3cccc(NC[C@@H]4CCCCO4)c3[nH]2)=N1. The molecule has 2 aliphatic rings. The molecule has 1 saturated heterocycles. The number of aromatic nitrogens is 1. The van der Waals surface area contributed by atoms with Gasteiger partial charge >= 0.3 is 5.97 Å². The normalized spacial score (nSPS) is 23.2. The minimum Gasteiger partial charge on any atom is -0.481 e. The summed E-state index contributed by atoms with van der Waals surface area (Å²) in [5.74, 6) is -0.0742. The maximum absolute atomic E-state index is 10.9. The van der Waals surface area contributed by atoms with Gasteiger partial charge in [0.05, 0.1) is 35.5 Å². The lowest BCUT2D eigenvalue weighted by molar-refractivity contribution is -0.137. The van der Waals surface area contributed by atoms with Gasteiger partial charge in [0.2, 0.25) is 0 Å². The minimum atomic E-state index is -0.798. The molecule has 0 bridgehead atoms. The summed E-state index contributed by atoms with van der Waals surface area (Å²) in [6, 6.07) is 8.14. The highest BCUT2D eigenvalue weighted by Gasteiger charge is 2.23. The van der Waals surface area contributed by atoms with Crippen LogP contribution in [0.5, 0.6) is 0 Å². The zero-order valence-electron chi connectivity index (χ0n) is 14.5. The number of carboxylic acid groups (broad SMARTS) is 1. The van der Waals surface area contributed by atoms with Crippen LogP contribution in [0.3, 0.4) is 0 Å². The number of nitrogens with one attached hydrogen (secondary N) is 2. The van der Waals surface area contributed by atoms with Crippen LogP contribution in [0.25, 0.3) is 10.9 Å². The number of carbonyl (C=O) groups is 1. The summed E-state index contributed by atoms with van der Waals surface area (Å²) in [5.41, 5.74) is 3.08. The van der Waals surface area contributed by atoms with Crippen LogP contribution >= 0.6 is 11.8 Å². The van der Waals surface area contributed by atoms with Crippen LogP contribution in [0.2, 0.25) is 0 Å². The van der Waals surface area contributed by atoms with Crippen molar-refractivity contribution in [2.75, 3.05) is 24.2 Å². The first-order valence-electron chi connectivity index (χ1n) is 9.09. The molecule has 2 aliphatic heterocycles. The van der Waals surface area contributed by atoms with E-state index in [1.807, 2.05) is 6.07 Å². The lowest BCUT2D eigenvalue weighted by Gasteiger charge is -2.23. The van der Waals surface area contributed by atoms with E-state index in [1.54, 1.807) is 11.8 Å². The van der Waals surface area contributed by atoms with Gasteiger partial charge in [0, 0.05) is 24.3 Å². The Balaban J connectivity index is 1.51. The third kappa shape index (κ3) is 3.88. The summed E-state index contributed by atoms with van der Waals surface area (Å²) in [6.07, 6.45) is 3.87. The van der Waals surface area contributed by atoms with Crippen molar-refractivity contribution in [1.29, 1.82) is 0 Å². The van der Waals surface area contributed by atoms with Gasteiger partial charge in [-0.15, -0.1) is 11.8 Å². The number of thioether (sulfide) groups is 1. The number of benzene rings is 1. The molecule has 3 N–H and O–H groups in total. The monoisotopic (exact) mass is 373 g/mol. The Bertz CT molecular complexity index is 827. The first-order chi connectivity index (χ1) is 12.7. The number of aliphatic carboxylic acids is 1. The molecule has 3 heterocycles. The summed E-state index contributed by atoms with van der Waals surface area (Å²) in [5, 5.41) is 14.5. The molecular formula is C19H23N3O3S. The third-order valence-electron chi connectivity index (χ3n) is 4.80. The van der Waals surface area contributed by atoms with Crippen LogP contribution in [0.1, 0.15) is 31.4 Å². The Hall–Kier alpha value is -1.99. The molecule has 1 fully saturated rings. The number of H-pyrrole nitrogens is 1. The van der Waals surface area contributed by atoms with Crippen LogP contribution in [0, 0.1) is 0 Å². The predicted octanol–water partition coefficient (Wildman–Crippen LogP) is 3.49. The number of fused-ring (bicyclic) bond motifs is 1. The fourth-order valence-electron chi connectivity index (χ4n) is 3.48. The van der Waals surface area contributed by atoms with Gasteiger partial charge in [-0.2, -0.15) is 0 Å². The molecule has 138 valence electrons. The molecule has 0 amide bonds. The van der Waals surface area contributed by atoms with Gasteiger partial charge in [-0.1, -0.05) is 12.1 Å². The zero-order chi connectivity index (χ0) is 17.9. The summed E-state index contributed by atoms with van der Waals surface area (Å²) >= 11 is 1.62. The van der Waals surface area contributed by atoms with E-state index in [0.717, 1.165) is 59.1 Å². The lowest BCUT2D eigenvalue weighted by atomic mass is 10.1. The second-order valence-electron chi connectivity index (χ2n) is 6.82. The van der Waals surface area contributed by atoms with E-state index in [1.165, 1.54) is 6.42 Å². The van der Waals surface area contributed by atoms with Crippen molar-refractivity contribution in [2.24, 2.45) is 4.99 Å². The molecule has 2 aromatic rings. The van der Waals surface area contributed by atoms with Crippen molar-refractivity contribution in [3.05, 3.63) is 30.0 Å². The summed E-state index contributed by atoms with van der Waals surface area (Å²) < 4.78 is 5.80. The first-order valence-corrected chi connectivity index (χ1v) is 10.1. The Morgan fingerprint density at radius 3 is 3.15 bits per heavy atom. The Morgan fingerprint density at radius 2 is 2.35 bits per heavy atom. The number of hydrogen-bond donors (Lipinski definition) is 3. The van der Waals surface area contributed by atoms with Crippen molar-refractivity contribution < 1.29 is 14.6 Å². The molecule has 1 aromatic heterocycles. The van der Waals surface area contributed by atoms with E-state index >= 15 is 0 Å². The Kier molecular flexibility index (Phi) is 5.17. The quantitative estimate of drug-likeness (QED) is 0.722. The molecule has 4 rings (SSSR count). The zero-order valence-corrected chi connectivity index (χ0v) is 15.3. The molecule has 7 heteroatoms. The predicted molar refractivity (Wildman–Crippen MR) is 105 cm³/mol. The van der Waals surface area contributed by atoms with Crippen LogP contribution in [0.4, 0.5) is 5.69 Å². The standard InChI is InChI=1S/C19H23N3O3S/c23-17(24)9-13-11-26-19(21-13)16-8-12-4-3-6-15(18(12)22-16)20-10-14-5-1-2-7-25-14/h3-4,6,8,13-14,20,22H,1-2,5,7,9-11H2,(H,23,24)/t13?,14-/m0/s1. The van der Waals surface area contributed by atoms with E-state index in [9.17, 15) is 4.79 Å². The number of hydrogen-bond acceptors (Lipinski definition) is 5. The van der Waals surface area contributed by atoms with Crippen LogP contribution < -0.4 is 5.32 Å². The molecule has 26 heavy (non-hydrogen) atoms. The van der Waals surface area contributed by atoms with Crippen molar-refractivity contribution >= 4 is 39.4 Å². The van der Waals surface area contributed by atoms with Gasteiger partial charge in [-0.3, -0.25) is 9.79 Å². The second-order valence-corrected chi connectivity index (χ2v) is 7.83. The largest absolute Gasteiger partial charge is 0.481 e. The van der Waals surface area contributed by atoms with Crippen molar-refractivity contribution in [1.82, 2.24) is 4.98 Å². The summed E-state index contributed by atoms with van der Waals surface area (Å²) in [4.78, 5) is 18.9. The molecule has 6 nitrogen and oxygen atoms in total. The molecule has 0 aliphatic carbocycles. The van der Waals surface area contributed by atoms with E-state index in [4.69, 9.17) is 9.84 Å².